The van der Waals surface area contributed by atoms with Gasteiger partial charge in [0.05, 0.1) is 11.3 Å². The summed E-state index contributed by atoms with van der Waals surface area (Å²) in [5.41, 5.74) is 2.04. The maximum Gasteiger partial charge on any atom is 0.216 e. The average molecular weight is 378 g/mol. The Morgan fingerprint density at radius 1 is 1.08 bits per heavy atom. The second-order valence-corrected chi connectivity index (χ2v) is 8.17. The molecule has 0 bridgehead atoms. The van der Waals surface area contributed by atoms with Crippen molar-refractivity contribution in [2.24, 2.45) is 0 Å². The van der Waals surface area contributed by atoms with Crippen LogP contribution in [0.1, 0.15) is 42.3 Å². The number of carbonyl (C=O) groups is 1. The van der Waals surface area contributed by atoms with Gasteiger partial charge >= 0.3 is 0 Å². The third kappa shape index (κ3) is 5.64. The number of anilines is 1. The SMILES string of the molecule is CC(=O)c1c(F)cccc1NCc1ccc(CS(=O)(=O)NC(C)C)cc1. The number of benzene rings is 2. The van der Waals surface area contributed by atoms with Crippen molar-refractivity contribution in [1.29, 1.82) is 0 Å². The van der Waals surface area contributed by atoms with E-state index < -0.39 is 15.8 Å². The second-order valence-electron chi connectivity index (χ2n) is 6.42. The van der Waals surface area contributed by atoms with E-state index in [2.05, 4.69) is 10.0 Å². The Morgan fingerprint density at radius 2 is 1.69 bits per heavy atom. The van der Waals surface area contributed by atoms with Crippen molar-refractivity contribution in [2.45, 2.75) is 39.1 Å². The molecule has 0 fully saturated rings. The molecular weight excluding hydrogens is 355 g/mol. The van der Waals surface area contributed by atoms with E-state index in [1.54, 1.807) is 50.2 Å². The molecule has 0 saturated carbocycles. The fourth-order valence-corrected chi connectivity index (χ4v) is 4.03. The lowest BCUT2D eigenvalue weighted by Gasteiger charge is -2.12. The Balaban J connectivity index is 2.05. The van der Waals surface area contributed by atoms with Gasteiger partial charge in [-0.25, -0.2) is 17.5 Å². The first kappa shape index (κ1) is 20.1. The normalized spacial score (nSPS) is 11.6. The van der Waals surface area contributed by atoms with Crippen LogP contribution in [0.5, 0.6) is 0 Å². The number of Topliss-reactive ketones (excluding diaryl/α,β-unsaturated/α-hetero) is 1. The highest BCUT2D eigenvalue weighted by Gasteiger charge is 2.14. The van der Waals surface area contributed by atoms with Gasteiger partial charge in [0.1, 0.15) is 5.82 Å². The van der Waals surface area contributed by atoms with Crippen molar-refractivity contribution >= 4 is 21.5 Å². The van der Waals surface area contributed by atoms with Crippen LogP contribution in [0.2, 0.25) is 0 Å². The molecule has 7 heteroatoms. The Labute approximate surface area is 153 Å². The summed E-state index contributed by atoms with van der Waals surface area (Å²) in [6, 6.07) is 11.4. The Kier molecular flexibility index (Phi) is 6.50. The van der Waals surface area contributed by atoms with Gasteiger partial charge in [-0.15, -0.1) is 0 Å². The number of hydrogen-bond acceptors (Lipinski definition) is 4. The van der Waals surface area contributed by atoms with Crippen molar-refractivity contribution < 1.29 is 17.6 Å². The first-order valence-electron chi connectivity index (χ1n) is 8.29. The quantitative estimate of drug-likeness (QED) is 0.690. The van der Waals surface area contributed by atoms with E-state index in [0.717, 1.165) is 5.56 Å². The largest absolute Gasteiger partial charge is 0.380 e. The predicted octanol–water partition coefficient (Wildman–Crippen LogP) is 3.47. The highest BCUT2D eigenvalue weighted by Crippen LogP contribution is 2.20. The zero-order valence-corrected chi connectivity index (χ0v) is 15.9. The summed E-state index contributed by atoms with van der Waals surface area (Å²) in [6.45, 7) is 5.26. The minimum Gasteiger partial charge on any atom is -0.380 e. The predicted molar refractivity (Wildman–Crippen MR) is 101 cm³/mol. The van der Waals surface area contributed by atoms with Gasteiger partial charge in [0.2, 0.25) is 10.0 Å². The molecule has 5 nitrogen and oxygen atoms in total. The molecule has 0 saturated heterocycles. The fourth-order valence-electron chi connectivity index (χ4n) is 2.60. The molecule has 2 rings (SSSR count). The van der Waals surface area contributed by atoms with Gasteiger partial charge in [-0.3, -0.25) is 4.79 Å². The molecule has 26 heavy (non-hydrogen) atoms. The summed E-state index contributed by atoms with van der Waals surface area (Å²) in [6.07, 6.45) is 0. The van der Waals surface area contributed by atoms with E-state index in [9.17, 15) is 17.6 Å². The van der Waals surface area contributed by atoms with Gasteiger partial charge in [-0.2, -0.15) is 0 Å². The van der Waals surface area contributed by atoms with E-state index in [4.69, 9.17) is 0 Å². The first-order chi connectivity index (χ1) is 12.2. The molecular formula is C19H23FN2O3S. The van der Waals surface area contributed by atoms with Crippen molar-refractivity contribution in [3.05, 3.63) is 65.0 Å². The van der Waals surface area contributed by atoms with E-state index >= 15 is 0 Å². The zero-order chi connectivity index (χ0) is 19.3. The van der Waals surface area contributed by atoms with Crippen LogP contribution < -0.4 is 10.0 Å². The summed E-state index contributed by atoms with van der Waals surface area (Å²) in [4.78, 5) is 11.6. The van der Waals surface area contributed by atoms with Gasteiger partial charge in [0.15, 0.2) is 5.78 Å². The van der Waals surface area contributed by atoms with Gasteiger partial charge in [0, 0.05) is 18.3 Å². The second kappa shape index (κ2) is 8.42. The standard InChI is InChI=1S/C19H23FN2O3S/c1-13(2)22-26(24,25)12-16-9-7-15(8-10-16)11-21-18-6-4-5-17(20)19(18)14(3)23/h4-10,13,21-22H,11-12H2,1-3H3. The van der Waals surface area contributed by atoms with Gasteiger partial charge in [-0.1, -0.05) is 30.3 Å². The molecule has 0 aliphatic heterocycles. The van der Waals surface area contributed by atoms with Crippen LogP contribution in [0.3, 0.4) is 0 Å². The van der Waals surface area contributed by atoms with Crippen LogP contribution in [0.4, 0.5) is 10.1 Å². The highest BCUT2D eigenvalue weighted by atomic mass is 32.2. The lowest BCUT2D eigenvalue weighted by Crippen LogP contribution is -2.31. The summed E-state index contributed by atoms with van der Waals surface area (Å²) in [5, 5.41) is 3.05. The number of halogens is 1. The lowest BCUT2D eigenvalue weighted by atomic mass is 10.1. The molecule has 2 aromatic rings. The van der Waals surface area contributed by atoms with Crippen LogP contribution in [0, 0.1) is 5.82 Å². The number of rotatable bonds is 8. The third-order valence-electron chi connectivity index (χ3n) is 3.64. The molecule has 0 spiro atoms. The fraction of sp³-hybridized carbons (Fsp3) is 0.316. The van der Waals surface area contributed by atoms with E-state index in [1.807, 2.05) is 0 Å². The molecule has 0 heterocycles. The van der Waals surface area contributed by atoms with Gasteiger partial charge in [0.25, 0.3) is 0 Å². The smallest absolute Gasteiger partial charge is 0.216 e. The minimum absolute atomic E-state index is 0.0370. The molecule has 2 N–H and O–H groups in total. The summed E-state index contributed by atoms with van der Waals surface area (Å²) >= 11 is 0. The molecule has 140 valence electrons. The van der Waals surface area contributed by atoms with Crippen molar-refractivity contribution in [3.8, 4) is 0 Å². The van der Waals surface area contributed by atoms with Gasteiger partial charge < -0.3 is 5.32 Å². The van der Waals surface area contributed by atoms with Crippen LogP contribution in [-0.4, -0.2) is 20.2 Å². The van der Waals surface area contributed by atoms with Crippen LogP contribution >= 0.6 is 0 Å². The molecule has 0 atom stereocenters. The summed E-state index contributed by atoms with van der Waals surface area (Å²) in [5.74, 6) is -0.985. The Bertz CT molecular complexity index is 878. The maximum absolute atomic E-state index is 13.8. The maximum atomic E-state index is 13.8. The van der Waals surface area contributed by atoms with Crippen molar-refractivity contribution in [3.63, 3.8) is 0 Å². The van der Waals surface area contributed by atoms with E-state index in [0.29, 0.717) is 17.8 Å². The molecule has 0 aromatic heterocycles. The molecule has 2 aromatic carbocycles. The van der Waals surface area contributed by atoms with Crippen molar-refractivity contribution in [2.75, 3.05) is 5.32 Å². The Hall–Kier alpha value is -2.25. The van der Waals surface area contributed by atoms with E-state index in [1.165, 1.54) is 13.0 Å². The Morgan fingerprint density at radius 3 is 2.27 bits per heavy atom. The van der Waals surface area contributed by atoms with Crippen molar-refractivity contribution in [1.82, 2.24) is 4.72 Å². The monoisotopic (exact) mass is 378 g/mol. The molecule has 0 radical (unpaired) electrons. The molecule has 0 amide bonds. The van der Waals surface area contributed by atoms with Gasteiger partial charge in [-0.05, 0) is 44.0 Å². The number of sulfonamides is 1. The average Bonchev–Trinajstić information content (AvgIpc) is 2.52. The highest BCUT2D eigenvalue weighted by molar-refractivity contribution is 7.88. The number of ketones is 1. The molecule has 0 aliphatic rings. The lowest BCUT2D eigenvalue weighted by molar-refractivity contribution is 0.101. The number of nitrogens with one attached hydrogen (secondary N) is 2. The summed E-state index contributed by atoms with van der Waals surface area (Å²) in [7, 11) is -3.37. The van der Waals surface area contributed by atoms with E-state index in [-0.39, 0.29) is 23.1 Å². The number of carbonyl (C=O) groups excluding carboxylic acids is 1. The topological polar surface area (TPSA) is 75.3 Å². The summed E-state index contributed by atoms with van der Waals surface area (Å²) < 4.78 is 40.2. The van der Waals surface area contributed by atoms with Crippen LogP contribution in [0.15, 0.2) is 42.5 Å². The van der Waals surface area contributed by atoms with Crippen LogP contribution in [0.25, 0.3) is 0 Å². The first-order valence-corrected chi connectivity index (χ1v) is 9.94. The molecule has 0 aliphatic carbocycles. The zero-order valence-electron chi connectivity index (χ0n) is 15.0. The minimum atomic E-state index is -3.37. The third-order valence-corrected chi connectivity index (χ3v) is 5.19. The number of hydrogen-bond donors (Lipinski definition) is 2. The van der Waals surface area contributed by atoms with Crippen LogP contribution in [-0.2, 0) is 22.3 Å². The molecule has 0 unspecified atom stereocenters.